The van der Waals surface area contributed by atoms with Crippen LogP contribution in [0.15, 0.2) is 84.0 Å². The van der Waals surface area contributed by atoms with Crippen LogP contribution in [0.1, 0.15) is 28.4 Å². The molecule has 0 saturated carbocycles. The Balaban J connectivity index is 1.70. The van der Waals surface area contributed by atoms with Crippen LogP contribution in [0.3, 0.4) is 0 Å². The summed E-state index contributed by atoms with van der Waals surface area (Å²) in [6.07, 6.45) is 0. The van der Waals surface area contributed by atoms with Crippen LogP contribution in [-0.2, 0) is 0 Å². The highest BCUT2D eigenvalue weighted by atomic mass is 19.1. The fourth-order valence-corrected chi connectivity index (χ4v) is 3.19. The Bertz CT molecular complexity index is 1250. The highest BCUT2D eigenvalue weighted by molar-refractivity contribution is 6.08. The van der Waals surface area contributed by atoms with Crippen LogP contribution < -0.4 is 5.43 Å². The molecule has 0 unspecified atom stereocenters. The van der Waals surface area contributed by atoms with Gasteiger partial charge in [0.05, 0.1) is 22.5 Å². The summed E-state index contributed by atoms with van der Waals surface area (Å²) in [5, 5.41) is 4.95. The topological polar surface area (TPSA) is 54.4 Å². The summed E-state index contributed by atoms with van der Waals surface area (Å²) in [6.45, 7) is 3.79. The van der Waals surface area contributed by atoms with E-state index in [0.29, 0.717) is 11.3 Å². The van der Waals surface area contributed by atoms with E-state index in [4.69, 9.17) is 4.98 Å². The van der Waals surface area contributed by atoms with E-state index in [9.17, 15) is 9.18 Å². The molecule has 0 aliphatic rings. The molecule has 0 aliphatic carbocycles. The first kappa shape index (κ1) is 19.5. The first-order valence-corrected chi connectivity index (χ1v) is 9.58. The zero-order valence-electron chi connectivity index (χ0n) is 16.7. The number of carbonyl (C=O) groups excluding carboxylic acids is 1. The third-order valence-corrected chi connectivity index (χ3v) is 4.90. The van der Waals surface area contributed by atoms with Crippen molar-refractivity contribution in [1.29, 1.82) is 0 Å². The molecular weight excluding hydrogens is 377 g/mol. The van der Waals surface area contributed by atoms with Gasteiger partial charge in [-0.2, -0.15) is 5.10 Å². The first-order valence-electron chi connectivity index (χ1n) is 9.58. The van der Waals surface area contributed by atoms with Gasteiger partial charge in [-0.1, -0.05) is 60.2 Å². The Hall–Kier alpha value is -3.86. The van der Waals surface area contributed by atoms with E-state index in [0.717, 1.165) is 33.3 Å². The largest absolute Gasteiger partial charge is 0.272 e. The van der Waals surface area contributed by atoms with E-state index in [1.54, 1.807) is 25.1 Å². The molecule has 0 radical (unpaired) electrons. The van der Waals surface area contributed by atoms with Gasteiger partial charge in [-0.3, -0.25) is 4.79 Å². The molecule has 5 heteroatoms. The number of aromatic nitrogens is 1. The van der Waals surface area contributed by atoms with E-state index in [-0.39, 0.29) is 11.7 Å². The lowest BCUT2D eigenvalue weighted by atomic mass is 10.0. The predicted octanol–water partition coefficient (Wildman–Crippen LogP) is 5.50. The van der Waals surface area contributed by atoms with Gasteiger partial charge in [0.1, 0.15) is 5.82 Å². The smallest absolute Gasteiger partial charge is 0.267 e. The number of pyridine rings is 1. The van der Waals surface area contributed by atoms with Gasteiger partial charge in [-0.25, -0.2) is 14.8 Å². The van der Waals surface area contributed by atoms with Crippen molar-refractivity contribution in [3.8, 4) is 11.3 Å². The third kappa shape index (κ3) is 4.10. The van der Waals surface area contributed by atoms with E-state index in [1.807, 2.05) is 55.5 Å². The highest BCUT2D eigenvalue weighted by Crippen LogP contribution is 2.25. The van der Waals surface area contributed by atoms with Gasteiger partial charge in [-0.15, -0.1) is 0 Å². The number of hydrazone groups is 1. The van der Waals surface area contributed by atoms with Crippen LogP contribution >= 0.6 is 0 Å². The van der Waals surface area contributed by atoms with Gasteiger partial charge in [0.15, 0.2) is 0 Å². The zero-order valence-corrected chi connectivity index (χ0v) is 16.7. The molecule has 0 aliphatic heterocycles. The number of halogens is 1. The molecule has 0 spiro atoms. The number of benzene rings is 3. The number of carbonyl (C=O) groups is 1. The molecule has 1 heterocycles. The van der Waals surface area contributed by atoms with E-state index < -0.39 is 0 Å². The molecule has 4 rings (SSSR count). The molecule has 0 atom stereocenters. The van der Waals surface area contributed by atoms with Crippen molar-refractivity contribution in [2.45, 2.75) is 13.8 Å². The summed E-state index contributed by atoms with van der Waals surface area (Å²) < 4.78 is 13.1. The predicted molar refractivity (Wildman–Crippen MR) is 118 cm³/mol. The van der Waals surface area contributed by atoms with Crippen LogP contribution in [0.4, 0.5) is 4.39 Å². The van der Waals surface area contributed by atoms with Crippen LogP contribution in [0.5, 0.6) is 0 Å². The molecule has 0 saturated heterocycles. The molecule has 3 aromatic carbocycles. The Morgan fingerprint density at radius 1 is 0.967 bits per heavy atom. The minimum Gasteiger partial charge on any atom is -0.267 e. The van der Waals surface area contributed by atoms with Crippen LogP contribution in [0, 0.1) is 12.7 Å². The van der Waals surface area contributed by atoms with Gasteiger partial charge in [-0.05, 0) is 43.7 Å². The molecule has 0 bridgehead atoms. The van der Waals surface area contributed by atoms with Crippen molar-refractivity contribution in [3.63, 3.8) is 0 Å². The molecule has 1 aromatic heterocycles. The van der Waals surface area contributed by atoms with E-state index >= 15 is 0 Å². The average Bonchev–Trinajstić information content (AvgIpc) is 2.77. The van der Waals surface area contributed by atoms with E-state index in [1.165, 1.54) is 12.1 Å². The van der Waals surface area contributed by atoms with Crippen LogP contribution in [-0.4, -0.2) is 16.6 Å². The number of fused-ring (bicyclic) bond motifs is 1. The molecule has 30 heavy (non-hydrogen) atoms. The lowest BCUT2D eigenvalue weighted by Gasteiger charge is -2.10. The van der Waals surface area contributed by atoms with Gasteiger partial charge in [0.2, 0.25) is 0 Å². The number of para-hydroxylation sites is 1. The summed E-state index contributed by atoms with van der Waals surface area (Å²) in [5.74, 6) is -0.647. The second-order valence-corrected chi connectivity index (χ2v) is 7.08. The summed E-state index contributed by atoms with van der Waals surface area (Å²) in [6, 6.07) is 23.3. The quantitative estimate of drug-likeness (QED) is 0.365. The van der Waals surface area contributed by atoms with Crippen LogP contribution in [0.25, 0.3) is 22.2 Å². The minimum absolute atomic E-state index is 0.317. The van der Waals surface area contributed by atoms with Gasteiger partial charge < -0.3 is 0 Å². The van der Waals surface area contributed by atoms with Crippen molar-refractivity contribution >= 4 is 22.5 Å². The molecule has 4 aromatic rings. The maximum atomic E-state index is 13.1. The third-order valence-electron chi connectivity index (χ3n) is 4.90. The second kappa shape index (κ2) is 8.25. The monoisotopic (exact) mass is 397 g/mol. The minimum atomic E-state index is -0.330. The highest BCUT2D eigenvalue weighted by Gasteiger charge is 2.14. The normalized spacial score (nSPS) is 11.5. The number of amides is 1. The van der Waals surface area contributed by atoms with Crippen LogP contribution in [0.2, 0.25) is 0 Å². The number of nitrogens with one attached hydrogen (secondary N) is 1. The molecule has 1 amide bonds. The molecule has 4 nitrogen and oxygen atoms in total. The number of hydrogen-bond acceptors (Lipinski definition) is 3. The van der Waals surface area contributed by atoms with Crippen molar-refractivity contribution < 1.29 is 9.18 Å². The van der Waals surface area contributed by atoms with Crippen molar-refractivity contribution in [3.05, 3.63) is 101 Å². The zero-order chi connectivity index (χ0) is 21.1. The Morgan fingerprint density at radius 2 is 1.67 bits per heavy atom. The Morgan fingerprint density at radius 3 is 2.40 bits per heavy atom. The Kier molecular flexibility index (Phi) is 5.35. The average molecular weight is 397 g/mol. The fourth-order valence-electron chi connectivity index (χ4n) is 3.19. The maximum Gasteiger partial charge on any atom is 0.272 e. The molecule has 1 N–H and O–H groups in total. The van der Waals surface area contributed by atoms with Gasteiger partial charge in [0.25, 0.3) is 5.91 Å². The van der Waals surface area contributed by atoms with Gasteiger partial charge >= 0.3 is 0 Å². The number of aryl methyl sites for hydroxylation is 1. The van der Waals surface area contributed by atoms with Gasteiger partial charge in [0, 0.05) is 10.9 Å². The fraction of sp³-hybridized carbons (Fsp3) is 0.0800. The summed E-state index contributed by atoms with van der Waals surface area (Å²) >= 11 is 0. The summed E-state index contributed by atoms with van der Waals surface area (Å²) in [4.78, 5) is 17.7. The lowest BCUT2D eigenvalue weighted by molar-refractivity contribution is 0.0956. The Labute approximate surface area is 174 Å². The summed E-state index contributed by atoms with van der Waals surface area (Å²) in [5.41, 5.74) is 7.98. The molecule has 148 valence electrons. The van der Waals surface area contributed by atoms with Crippen molar-refractivity contribution in [2.75, 3.05) is 0 Å². The second-order valence-electron chi connectivity index (χ2n) is 7.08. The van der Waals surface area contributed by atoms with E-state index in [2.05, 4.69) is 10.5 Å². The molecular formula is C25H20FN3O. The number of rotatable bonds is 4. The number of nitrogens with zero attached hydrogens (tertiary/aromatic N) is 2. The number of hydrogen-bond donors (Lipinski definition) is 1. The van der Waals surface area contributed by atoms with Crippen molar-refractivity contribution in [1.82, 2.24) is 10.4 Å². The first-order chi connectivity index (χ1) is 14.5. The lowest BCUT2D eigenvalue weighted by Crippen LogP contribution is -2.20. The molecule has 0 fully saturated rings. The standard InChI is InChI=1S/C25H20FN3O/c1-16-7-9-19(10-8-16)24-15-22(21-5-3-4-6-23(21)27-24)25(30)29-28-17(2)18-11-13-20(26)14-12-18/h3-15H,1-2H3,(H,29,30). The van der Waals surface area contributed by atoms with Crippen molar-refractivity contribution in [2.24, 2.45) is 5.10 Å². The maximum absolute atomic E-state index is 13.1. The summed E-state index contributed by atoms with van der Waals surface area (Å²) in [7, 11) is 0. The SMILES string of the molecule is CC(=NNC(=O)c1cc(-c2ccc(C)cc2)nc2ccccc12)c1ccc(F)cc1.